The molecule has 134 valence electrons. The molecule has 1 aromatic carbocycles. The van der Waals surface area contributed by atoms with E-state index in [1.165, 1.54) is 12.8 Å². The number of likely N-dealkylation sites (tertiary alicyclic amines) is 2. The molecule has 1 amide bonds. The van der Waals surface area contributed by atoms with E-state index in [9.17, 15) is 4.79 Å². The van der Waals surface area contributed by atoms with Gasteiger partial charge in [0.2, 0.25) is 5.91 Å². The van der Waals surface area contributed by atoms with E-state index in [-0.39, 0.29) is 5.92 Å². The van der Waals surface area contributed by atoms with Crippen molar-refractivity contribution in [2.24, 2.45) is 13.0 Å². The predicted molar refractivity (Wildman–Crippen MR) is 99.5 cm³/mol. The Balaban J connectivity index is 1.38. The second-order valence-corrected chi connectivity index (χ2v) is 7.74. The maximum Gasteiger partial charge on any atom is 0.225 e. The van der Waals surface area contributed by atoms with Gasteiger partial charge < -0.3 is 9.47 Å². The van der Waals surface area contributed by atoms with Crippen LogP contribution in [0.1, 0.15) is 31.5 Å². The summed E-state index contributed by atoms with van der Waals surface area (Å²) < 4.78 is 2.15. The summed E-state index contributed by atoms with van der Waals surface area (Å²) in [5.74, 6) is 1.66. The van der Waals surface area contributed by atoms with E-state index in [0.717, 1.165) is 67.4 Å². The Bertz CT molecular complexity index is 773. The highest BCUT2D eigenvalue weighted by Gasteiger charge is 2.30. The Hall–Kier alpha value is -1.59. The lowest BCUT2D eigenvalue weighted by Crippen LogP contribution is -2.41. The van der Waals surface area contributed by atoms with Crippen LogP contribution in [0.2, 0.25) is 5.02 Å². The number of amides is 1. The molecule has 0 N–H and O–H groups in total. The summed E-state index contributed by atoms with van der Waals surface area (Å²) in [7, 11) is 2.06. The highest BCUT2D eigenvalue weighted by molar-refractivity contribution is 6.31. The van der Waals surface area contributed by atoms with E-state index in [1.807, 2.05) is 18.2 Å². The van der Waals surface area contributed by atoms with Crippen LogP contribution in [-0.2, 0) is 18.4 Å². The zero-order valence-electron chi connectivity index (χ0n) is 14.7. The van der Waals surface area contributed by atoms with Crippen molar-refractivity contribution in [3.8, 4) is 0 Å². The fourth-order valence-electron chi connectivity index (χ4n) is 4.10. The van der Waals surface area contributed by atoms with Gasteiger partial charge in [-0.2, -0.15) is 0 Å². The molecule has 1 aromatic heterocycles. The van der Waals surface area contributed by atoms with Gasteiger partial charge in [0.25, 0.3) is 0 Å². The first-order chi connectivity index (χ1) is 12.1. The summed E-state index contributed by atoms with van der Waals surface area (Å²) in [6.45, 7) is 4.68. The number of piperidine rings is 1. The molecule has 0 radical (unpaired) electrons. The number of aryl methyl sites for hydroxylation is 1. The second-order valence-electron chi connectivity index (χ2n) is 7.30. The molecule has 2 aliphatic heterocycles. The smallest absolute Gasteiger partial charge is 0.225 e. The maximum absolute atomic E-state index is 12.5. The number of imidazole rings is 1. The third kappa shape index (κ3) is 3.40. The zero-order chi connectivity index (χ0) is 17.4. The van der Waals surface area contributed by atoms with E-state index in [4.69, 9.17) is 16.6 Å². The van der Waals surface area contributed by atoms with Crippen LogP contribution in [0.3, 0.4) is 0 Å². The van der Waals surface area contributed by atoms with Crippen LogP contribution in [0.4, 0.5) is 0 Å². The highest BCUT2D eigenvalue weighted by atomic mass is 35.5. The Morgan fingerprint density at radius 2 is 1.92 bits per heavy atom. The molecule has 25 heavy (non-hydrogen) atoms. The SMILES string of the molecule is Cn1c(CN2CCC(C(=O)N3CCCC3)CC2)nc2cc(Cl)ccc21. The fourth-order valence-corrected chi connectivity index (χ4v) is 4.26. The average molecular weight is 361 g/mol. The number of carbonyl (C=O) groups is 1. The summed E-state index contributed by atoms with van der Waals surface area (Å²) in [5.41, 5.74) is 2.06. The topological polar surface area (TPSA) is 41.4 Å². The zero-order valence-corrected chi connectivity index (χ0v) is 15.5. The molecule has 2 saturated heterocycles. The number of hydrogen-bond acceptors (Lipinski definition) is 3. The van der Waals surface area contributed by atoms with Gasteiger partial charge in [-0.25, -0.2) is 4.98 Å². The van der Waals surface area contributed by atoms with Gasteiger partial charge in [-0.15, -0.1) is 0 Å². The molecule has 0 unspecified atom stereocenters. The van der Waals surface area contributed by atoms with Crippen LogP contribution in [0.15, 0.2) is 18.2 Å². The van der Waals surface area contributed by atoms with E-state index >= 15 is 0 Å². The first kappa shape index (κ1) is 16.9. The molecule has 2 aliphatic rings. The minimum atomic E-state index is 0.216. The normalized spacial score (nSPS) is 19.8. The molecule has 2 fully saturated rings. The number of halogens is 1. The van der Waals surface area contributed by atoms with Crippen molar-refractivity contribution < 1.29 is 4.79 Å². The van der Waals surface area contributed by atoms with E-state index in [2.05, 4.69) is 21.4 Å². The number of hydrogen-bond donors (Lipinski definition) is 0. The standard InChI is InChI=1S/C19H25ClN4O/c1-22-17-5-4-15(20)12-16(17)21-18(22)13-23-10-6-14(7-11-23)19(25)24-8-2-3-9-24/h4-5,12,14H,2-3,6-11,13H2,1H3. The lowest BCUT2D eigenvalue weighted by molar-refractivity contribution is -0.136. The van der Waals surface area contributed by atoms with Crippen LogP contribution in [0, 0.1) is 5.92 Å². The number of aromatic nitrogens is 2. The van der Waals surface area contributed by atoms with E-state index in [1.54, 1.807) is 0 Å². The second kappa shape index (κ2) is 6.96. The first-order valence-corrected chi connectivity index (χ1v) is 9.61. The molecule has 0 spiro atoms. The van der Waals surface area contributed by atoms with Gasteiger partial charge in [-0.1, -0.05) is 11.6 Å². The highest BCUT2D eigenvalue weighted by Crippen LogP contribution is 2.24. The summed E-state index contributed by atoms with van der Waals surface area (Å²) in [4.78, 5) is 21.8. The molecule has 4 rings (SSSR count). The van der Waals surface area contributed by atoms with Gasteiger partial charge in [0.1, 0.15) is 5.82 Å². The van der Waals surface area contributed by atoms with E-state index < -0.39 is 0 Å². The third-order valence-electron chi connectivity index (χ3n) is 5.66. The summed E-state index contributed by atoms with van der Waals surface area (Å²) >= 11 is 6.08. The molecule has 6 heteroatoms. The fraction of sp³-hybridized carbons (Fsp3) is 0.579. The lowest BCUT2D eigenvalue weighted by Gasteiger charge is -2.32. The largest absolute Gasteiger partial charge is 0.342 e. The summed E-state index contributed by atoms with van der Waals surface area (Å²) in [6.07, 6.45) is 4.26. The molecular weight excluding hydrogens is 336 g/mol. The van der Waals surface area contributed by atoms with Gasteiger partial charge in [0.05, 0.1) is 17.6 Å². The first-order valence-electron chi connectivity index (χ1n) is 9.24. The van der Waals surface area contributed by atoms with Crippen LogP contribution < -0.4 is 0 Å². The van der Waals surface area contributed by atoms with Crippen LogP contribution in [0.25, 0.3) is 11.0 Å². The van der Waals surface area contributed by atoms with E-state index in [0.29, 0.717) is 5.91 Å². The lowest BCUT2D eigenvalue weighted by atomic mass is 9.95. The predicted octanol–water partition coefficient (Wildman–Crippen LogP) is 3.06. The molecule has 0 saturated carbocycles. The summed E-state index contributed by atoms with van der Waals surface area (Å²) in [5, 5.41) is 0.721. The molecule has 3 heterocycles. The summed E-state index contributed by atoms with van der Waals surface area (Å²) in [6, 6.07) is 5.85. The van der Waals surface area contributed by atoms with Crippen molar-refractivity contribution in [3.63, 3.8) is 0 Å². The van der Waals surface area contributed by atoms with Crippen molar-refractivity contribution in [1.29, 1.82) is 0 Å². The van der Waals surface area contributed by atoms with Crippen molar-refractivity contribution in [3.05, 3.63) is 29.0 Å². The van der Waals surface area contributed by atoms with Gasteiger partial charge in [0, 0.05) is 31.1 Å². The van der Waals surface area contributed by atoms with Crippen molar-refractivity contribution in [2.75, 3.05) is 26.2 Å². The Kier molecular flexibility index (Phi) is 4.69. The van der Waals surface area contributed by atoms with Crippen molar-refractivity contribution in [2.45, 2.75) is 32.2 Å². The molecule has 0 bridgehead atoms. The maximum atomic E-state index is 12.5. The molecule has 2 aromatic rings. The monoisotopic (exact) mass is 360 g/mol. The van der Waals surface area contributed by atoms with Crippen molar-refractivity contribution in [1.82, 2.24) is 19.4 Å². The Labute approximate surface area is 153 Å². The van der Waals surface area contributed by atoms with Crippen LogP contribution >= 0.6 is 11.6 Å². The molecule has 0 aliphatic carbocycles. The average Bonchev–Trinajstić information content (AvgIpc) is 3.24. The third-order valence-corrected chi connectivity index (χ3v) is 5.89. The van der Waals surface area contributed by atoms with Crippen LogP contribution in [0.5, 0.6) is 0 Å². The minimum Gasteiger partial charge on any atom is -0.342 e. The van der Waals surface area contributed by atoms with Crippen molar-refractivity contribution >= 4 is 28.5 Å². The quantitative estimate of drug-likeness (QED) is 0.844. The number of nitrogens with zero attached hydrogens (tertiary/aromatic N) is 4. The van der Waals surface area contributed by atoms with Gasteiger partial charge in [-0.3, -0.25) is 9.69 Å². The number of rotatable bonds is 3. The molecule has 5 nitrogen and oxygen atoms in total. The van der Waals surface area contributed by atoms with Gasteiger partial charge in [-0.05, 0) is 57.0 Å². The minimum absolute atomic E-state index is 0.216. The number of benzene rings is 1. The van der Waals surface area contributed by atoms with Gasteiger partial charge >= 0.3 is 0 Å². The molecular formula is C19H25ClN4O. The Morgan fingerprint density at radius 3 is 2.64 bits per heavy atom. The Morgan fingerprint density at radius 1 is 1.20 bits per heavy atom. The van der Waals surface area contributed by atoms with Gasteiger partial charge in [0.15, 0.2) is 0 Å². The number of carbonyl (C=O) groups excluding carboxylic acids is 1. The van der Waals surface area contributed by atoms with Crippen LogP contribution in [-0.4, -0.2) is 51.4 Å². The number of fused-ring (bicyclic) bond motifs is 1. The molecule has 0 atom stereocenters.